The van der Waals surface area contributed by atoms with Crippen molar-refractivity contribution in [2.75, 3.05) is 0 Å². The maximum absolute atomic E-state index is 15.0. The van der Waals surface area contributed by atoms with Crippen molar-refractivity contribution in [2.24, 2.45) is 11.8 Å². The number of rotatable bonds is 5. The fourth-order valence-electron chi connectivity index (χ4n) is 9.54. The number of nitrogens with zero attached hydrogens (tertiary/aromatic N) is 3. The van der Waals surface area contributed by atoms with Gasteiger partial charge in [0.05, 0.1) is 22.1 Å². The van der Waals surface area contributed by atoms with Gasteiger partial charge in [-0.1, -0.05) is 87.2 Å². The van der Waals surface area contributed by atoms with Gasteiger partial charge in [-0.2, -0.15) is 0 Å². The van der Waals surface area contributed by atoms with E-state index in [2.05, 4.69) is 44.3 Å². The zero-order chi connectivity index (χ0) is 36.4. The molecule has 1 unspecified atom stereocenters. The summed E-state index contributed by atoms with van der Waals surface area (Å²) in [7, 11) is 0. The van der Waals surface area contributed by atoms with Crippen LogP contribution in [-0.2, 0) is 4.79 Å². The Morgan fingerprint density at radius 2 is 1.54 bits per heavy atom. The molecule has 2 aliphatic carbocycles. The largest absolute Gasteiger partial charge is 0.487 e. The van der Waals surface area contributed by atoms with E-state index < -0.39 is 11.6 Å². The molecule has 8 rings (SSSR count). The third-order valence-corrected chi connectivity index (χ3v) is 11.9. The van der Waals surface area contributed by atoms with Crippen LogP contribution >= 0.6 is 0 Å². The van der Waals surface area contributed by atoms with Gasteiger partial charge in [-0.3, -0.25) is 9.59 Å². The van der Waals surface area contributed by atoms with Crippen molar-refractivity contribution in [1.29, 1.82) is 0 Å². The van der Waals surface area contributed by atoms with Crippen LogP contribution in [0, 0.1) is 11.8 Å². The highest BCUT2D eigenvalue weighted by molar-refractivity contribution is 6.11. The lowest BCUT2D eigenvalue weighted by Crippen LogP contribution is -2.52. The van der Waals surface area contributed by atoms with Crippen LogP contribution in [0.2, 0.25) is 0 Å². The molecular formula is C45H52N4O3. The van der Waals surface area contributed by atoms with E-state index in [0.29, 0.717) is 28.8 Å². The second-order valence-electron chi connectivity index (χ2n) is 17.3. The quantitative estimate of drug-likeness (QED) is 0.146. The summed E-state index contributed by atoms with van der Waals surface area (Å²) in [5.74, 6) is 1.99. The molecule has 0 spiro atoms. The van der Waals surface area contributed by atoms with Crippen LogP contribution in [0.3, 0.4) is 0 Å². The smallest absolute Gasteiger partial charge is 0.255 e. The lowest BCUT2D eigenvalue weighted by atomic mass is 9.64. The first-order chi connectivity index (χ1) is 24.9. The third-order valence-electron chi connectivity index (χ3n) is 11.9. The fourth-order valence-corrected chi connectivity index (χ4v) is 9.54. The summed E-state index contributed by atoms with van der Waals surface area (Å²) in [6.07, 6.45) is 8.39. The number of carbonyl (C=O) groups is 2. The second kappa shape index (κ2) is 13.2. The van der Waals surface area contributed by atoms with Crippen molar-refractivity contribution >= 4 is 44.7 Å². The van der Waals surface area contributed by atoms with Gasteiger partial charge in [-0.05, 0) is 95.9 Å². The number of aromatic nitrogens is 2. The van der Waals surface area contributed by atoms with Gasteiger partial charge in [-0.25, -0.2) is 9.97 Å². The maximum atomic E-state index is 15.0. The summed E-state index contributed by atoms with van der Waals surface area (Å²) in [6, 6.07) is 23.0. The first-order valence-electron chi connectivity index (χ1n) is 19.4. The molecule has 2 amide bonds. The maximum Gasteiger partial charge on any atom is 0.255 e. The Morgan fingerprint density at radius 1 is 0.846 bits per heavy atom. The molecule has 0 bridgehead atoms. The van der Waals surface area contributed by atoms with Crippen molar-refractivity contribution in [2.45, 2.75) is 122 Å². The highest BCUT2D eigenvalue weighted by Gasteiger charge is 2.48. The Hall–Kier alpha value is -4.52. The van der Waals surface area contributed by atoms with Crippen molar-refractivity contribution < 1.29 is 14.3 Å². The van der Waals surface area contributed by atoms with Crippen LogP contribution in [-0.4, -0.2) is 43.9 Å². The minimum atomic E-state index is -0.764. The topological polar surface area (TPSA) is 84.4 Å². The fraction of sp³-hybridized carbons (Fsp3) is 0.467. The van der Waals surface area contributed by atoms with Gasteiger partial charge in [0.2, 0.25) is 5.91 Å². The molecule has 52 heavy (non-hydrogen) atoms. The number of fused-ring (bicyclic) bond motifs is 9. The zero-order valence-electron chi connectivity index (χ0n) is 31.5. The van der Waals surface area contributed by atoms with Gasteiger partial charge in [-0.15, -0.1) is 0 Å². The Bertz CT molecular complexity index is 2170. The third kappa shape index (κ3) is 6.20. The molecular weight excluding hydrogens is 645 g/mol. The van der Waals surface area contributed by atoms with Gasteiger partial charge >= 0.3 is 0 Å². The molecule has 1 aliphatic heterocycles. The highest BCUT2D eigenvalue weighted by Crippen LogP contribution is 2.56. The molecule has 0 radical (unpaired) electrons. The van der Waals surface area contributed by atoms with Crippen LogP contribution in [0.4, 0.5) is 0 Å². The van der Waals surface area contributed by atoms with E-state index in [1.54, 1.807) is 0 Å². The first-order valence-corrected chi connectivity index (χ1v) is 19.4. The molecule has 4 aromatic carbocycles. The van der Waals surface area contributed by atoms with Crippen LogP contribution in [0.25, 0.3) is 32.8 Å². The average Bonchev–Trinajstić information content (AvgIpc) is 3.12. The van der Waals surface area contributed by atoms with Crippen molar-refractivity contribution in [3.05, 3.63) is 89.5 Å². The van der Waals surface area contributed by atoms with Crippen LogP contribution in [0.5, 0.6) is 5.75 Å². The van der Waals surface area contributed by atoms with Gasteiger partial charge in [0, 0.05) is 39.4 Å². The molecule has 0 saturated heterocycles. The molecule has 7 nitrogen and oxygen atoms in total. The summed E-state index contributed by atoms with van der Waals surface area (Å²) in [4.78, 5) is 41.7. The minimum absolute atomic E-state index is 0.0545. The van der Waals surface area contributed by atoms with Gasteiger partial charge in [0.15, 0.2) is 0 Å². The van der Waals surface area contributed by atoms with Crippen molar-refractivity contribution in [1.82, 2.24) is 20.2 Å². The van der Waals surface area contributed by atoms with Crippen molar-refractivity contribution in [3.8, 4) is 5.75 Å². The summed E-state index contributed by atoms with van der Waals surface area (Å²) in [5.41, 5.74) is 4.97. The summed E-state index contributed by atoms with van der Waals surface area (Å²) < 4.78 is 6.95. The molecule has 3 aliphatic rings. The molecule has 270 valence electrons. The average molecular weight is 697 g/mol. The van der Waals surface area contributed by atoms with Crippen molar-refractivity contribution in [3.63, 3.8) is 0 Å². The SMILES string of the molecule is C[C@H]1CC[C@H]2[C@H](C1)c1c(c3ccccc3c3nc4cc(C(=O)N(C5CCCCC5)C(C(=O)NC(C)(C)C)c5ccccc5)ccc4nc13)OC2(C)C. The molecule has 4 atom stereocenters. The number of amides is 2. The summed E-state index contributed by atoms with van der Waals surface area (Å²) in [6.45, 7) is 12.8. The summed E-state index contributed by atoms with van der Waals surface area (Å²) in [5, 5.41) is 5.27. The zero-order valence-corrected chi connectivity index (χ0v) is 31.5. The number of ether oxygens (including phenoxy) is 1. The Morgan fingerprint density at radius 3 is 2.27 bits per heavy atom. The molecule has 2 heterocycles. The molecule has 7 heteroatoms. The highest BCUT2D eigenvalue weighted by atomic mass is 16.5. The monoisotopic (exact) mass is 696 g/mol. The number of nitrogens with one attached hydrogen (secondary N) is 1. The predicted molar refractivity (Wildman–Crippen MR) is 209 cm³/mol. The van der Waals surface area contributed by atoms with E-state index in [0.717, 1.165) is 83.6 Å². The lowest BCUT2D eigenvalue weighted by Gasteiger charge is -2.49. The van der Waals surface area contributed by atoms with E-state index in [4.69, 9.17) is 14.7 Å². The Kier molecular flexibility index (Phi) is 8.74. The standard InChI is InChI=1S/C45H52N4O3/c1-27-21-23-34-33(25-27)37-39-38(31-19-13-14-20-32(31)41(37)52-45(34,5)6)47-36-26-29(22-24-35(36)46-39)43(51)49(30-17-11-8-12-18-30)40(28-15-9-7-10-16-28)42(50)48-44(2,3)4/h7,9-10,13-16,19-20,22,24,26-27,30,33-34,40H,8,11-12,17-18,21,23,25H2,1-6H3,(H,48,50)/t27-,33-,34-,40?/m0/s1. The second-order valence-corrected chi connectivity index (χ2v) is 17.3. The van der Waals surface area contributed by atoms with Gasteiger partial charge < -0.3 is 15.0 Å². The van der Waals surface area contributed by atoms with E-state index in [9.17, 15) is 9.59 Å². The van der Waals surface area contributed by atoms with E-state index in [1.165, 1.54) is 12.0 Å². The minimum Gasteiger partial charge on any atom is -0.487 e. The van der Waals surface area contributed by atoms with Crippen LogP contribution in [0.15, 0.2) is 72.8 Å². The number of benzene rings is 4. The van der Waals surface area contributed by atoms with E-state index in [-0.39, 0.29) is 23.5 Å². The van der Waals surface area contributed by atoms with Gasteiger partial charge in [0.1, 0.15) is 17.4 Å². The molecule has 1 aromatic heterocycles. The Balaban J connectivity index is 1.28. The number of hydrogen-bond donors (Lipinski definition) is 1. The van der Waals surface area contributed by atoms with Gasteiger partial charge in [0.25, 0.3) is 5.91 Å². The van der Waals surface area contributed by atoms with Crippen LogP contribution < -0.4 is 10.1 Å². The predicted octanol–water partition coefficient (Wildman–Crippen LogP) is 10.1. The lowest BCUT2D eigenvalue weighted by molar-refractivity contribution is -0.128. The first kappa shape index (κ1) is 34.6. The normalized spacial score (nSPS) is 22.3. The number of carbonyl (C=O) groups excluding carboxylic acids is 2. The number of hydrogen-bond acceptors (Lipinski definition) is 5. The molecule has 5 aromatic rings. The molecule has 2 fully saturated rings. The molecule has 1 N–H and O–H groups in total. The van der Waals surface area contributed by atoms with E-state index in [1.807, 2.05) is 80.3 Å². The van der Waals surface area contributed by atoms with E-state index >= 15 is 0 Å². The molecule has 2 saturated carbocycles. The summed E-state index contributed by atoms with van der Waals surface area (Å²) >= 11 is 0. The Labute approximate surface area is 307 Å². The van der Waals surface area contributed by atoms with Crippen LogP contribution in [0.1, 0.15) is 126 Å².